The Kier molecular flexibility index (Phi) is 7.21. The summed E-state index contributed by atoms with van der Waals surface area (Å²) >= 11 is 0. The zero-order valence-corrected chi connectivity index (χ0v) is 20.7. The van der Waals surface area contributed by atoms with Crippen molar-refractivity contribution >= 4 is 23.1 Å². The Hall–Kier alpha value is -2.88. The number of nitrogens with zero attached hydrogens (tertiary/aromatic N) is 5. The lowest BCUT2D eigenvalue weighted by Gasteiger charge is -2.37. The number of fused-ring (bicyclic) bond motifs is 1. The fourth-order valence-electron chi connectivity index (χ4n) is 4.93. The van der Waals surface area contributed by atoms with Crippen LogP contribution < -0.4 is 15.1 Å². The summed E-state index contributed by atoms with van der Waals surface area (Å²) in [4.78, 5) is 27.4. The van der Waals surface area contributed by atoms with Crippen molar-refractivity contribution in [3.8, 4) is 0 Å². The first-order valence-corrected chi connectivity index (χ1v) is 12.1. The Labute approximate surface area is 204 Å². The second-order valence-corrected chi connectivity index (χ2v) is 9.76. The number of rotatable bonds is 6. The number of hydrogen-bond acceptors (Lipinski definition) is 6. The number of likely N-dealkylation sites (N-methyl/N-ethyl adjacent to an activating group) is 1. The molecule has 2 aliphatic rings. The number of aromatic nitrogens is 2. The van der Waals surface area contributed by atoms with Gasteiger partial charge in [-0.1, -0.05) is 26.0 Å². The summed E-state index contributed by atoms with van der Waals surface area (Å²) in [7, 11) is 1.90. The third-order valence-electron chi connectivity index (χ3n) is 6.73. The maximum absolute atomic E-state index is 12.6. The van der Waals surface area contributed by atoms with Gasteiger partial charge in [0.25, 0.3) is 0 Å². The van der Waals surface area contributed by atoms with E-state index >= 15 is 0 Å². The van der Waals surface area contributed by atoms with E-state index in [4.69, 9.17) is 4.98 Å². The Morgan fingerprint density at radius 3 is 2.31 bits per heavy atom. The highest BCUT2D eigenvalue weighted by atomic mass is 19.4. The highest BCUT2D eigenvalue weighted by Crippen LogP contribution is 2.33. The molecule has 35 heavy (non-hydrogen) atoms. The fraction of sp³-hybridized carbons (Fsp3) is 0.560. The molecule has 1 N–H and O–H groups in total. The average molecular weight is 491 g/mol. The highest BCUT2D eigenvalue weighted by Gasteiger charge is 2.35. The molecule has 1 aromatic heterocycles. The molecule has 0 aliphatic carbocycles. The summed E-state index contributed by atoms with van der Waals surface area (Å²) in [5, 5.41) is 2.97. The molecule has 1 atom stereocenters. The number of carbonyl (C=O) groups excluding carboxylic acids is 1. The lowest BCUT2D eigenvalue weighted by Crippen LogP contribution is -2.49. The number of carbonyl (C=O) groups is 1. The van der Waals surface area contributed by atoms with Gasteiger partial charge in [0.1, 0.15) is 17.6 Å². The number of nitrogens with one attached hydrogen (secondary N) is 1. The topological polar surface area (TPSA) is 64.6 Å². The number of piperazine rings is 1. The first kappa shape index (κ1) is 25.2. The van der Waals surface area contributed by atoms with E-state index in [1.54, 1.807) is 0 Å². The van der Waals surface area contributed by atoms with E-state index in [0.29, 0.717) is 38.3 Å². The van der Waals surface area contributed by atoms with Crippen molar-refractivity contribution < 1.29 is 18.0 Å². The van der Waals surface area contributed by atoms with Crippen LogP contribution in [0.4, 0.5) is 30.4 Å². The fourth-order valence-corrected chi connectivity index (χ4v) is 4.93. The van der Waals surface area contributed by atoms with Crippen molar-refractivity contribution in [1.82, 2.24) is 14.9 Å². The molecule has 0 spiro atoms. The zero-order chi connectivity index (χ0) is 25.3. The number of alkyl halides is 3. The van der Waals surface area contributed by atoms with E-state index in [-0.39, 0.29) is 17.9 Å². The van der Waals surface area contributed by atoms with Crippen molar-refractivity contribution in [3.05, 3.63) is 41.3 Å². The summed E-state index contributed by atoms with van der Waals surface area (Å²) in [6.45, 7) is 7.06. The Balaban J connectivity index is 1.37. The van der Waals surface area contributed by atoms with Crippen molar-refractivity contribution in [3.63, 3.8) is 0 Å². The first-order chi connectivity index (χ1) is 16.5. The third kappa shape index (κ3) is 5.86. The summed E-state index contributed by atoms with van der Waals surface area (Å²) in [5.74, 6) is 1.61. The maximum atomic E-state index is 12.6. The Bertz CT molecular complexity index is 1050. The largest absolute Gasteiger partial charge is 0.401 e. The molecule has 10 heteroatoms. The second kappa shape index (κ2) is 10.0. The maximum Gasteiger partial charge on any atom is 0.401 e. The van der Waals surface area contributed by atoms with Crippen molar-refractivity contribution in [1.29, 1.82) is 0 Å². The molecular weight excluding hydrogens is 457 g/mol. The van der Waals surface area contributed by atoms with Crippen LogP contribution in [-0.4, -0.2) is 72.8 Å². The van der Waals surface area contributed by atoms with Crippen LogP contribution in [0.1, 0.15) is 30.9 Å². The number of halogens is 3. The van der Waals surface area contributed by atoms with E-state index in [1.165, 1.54) is 4.90 Å². The van der Waals surface area contributed by atoms with Gasteiger partial charge >= 0.3 is 6.18 Å². The van der Waals surface area contributed by atoms with Gasteiger partial charge in [0, 0.05) is 45.3 Å². The molecule has 4 rings (SSSR count). The van der Waals surface area contributed by atoms with Gasteiger partial charge in [0.15, 0.2) is 5.82 Å². The highest BCUT2D eigenvalue weighted by molar-refractivity contribution is 6.03. The predicted octanol–water partition coefficient (Wildman–Crippen LogP) is 3.67. The molecule has 2 aromatic rings. The van der Waals surface area contributed by atoms with Crippen LogP contribution in [0.15, 0.2) is 24.3 Å². The lowest BCUT2D eigenvalue weighted by molar-refractivity contribution is -0.146. The number of amides is 1. The monoisotopic (exact) mass is 490 g/mol. The third-order valence-corrected chi connectivity index (χ3v) is 6.73. The molecule has 0 radical (unpaired) electrons. The predicted molar refractivity (Wildman–Crippen MR) is 131 cm³/mol. The molecule has 0 saturated carbocycles. The Morgan fingerprint density at radius 2 is 1.71 bits per heavy atom. The molecular formula is C25H33F3N6O. The quantitative estimate of drug-likeness (QED) is 0.667. The first-order valence-electron chi connectivity index (χ1n) is 12.1. The molecule has 2 aliphatic heterocycles. The van der Waals surface area contributed by atoms with Crippen molar-refractivity contribution in [2.24, 2.45) is 5.92 Å². The summed E-state index contributed by atoms with van der Waals surface area (Å²) < 4.78 is 37.8. The molecule has 7 nitrogen and oxygen atoms in total. The van der Waals surface area contributed by atoms with Gasteiger partial charge in [-0.3, -0.25) is 9.69 Å². The van der Waals surface area contributed by atoms with Crippen LogP contribution in [0.25, 0.3) is 0 Å². The summed E-state index contributed by atoms with van der Waals surface area (Å²) in [6, 6.07) is 7.91. The SMILES string of the molecule is Cc1nc(CCc2ccc(N3CCN(CC(F)(F)F)CC3)cc2)nc2c1NC(=O)[C@H](C(C)C)N2C. The number of benzene rings is 1. The minimum absolute atomic E-state index is 0.0312. The van der Waals surface area contributed by atoms with E-state index in [0.717, 1.165) is 35.0 Å². The van der Waals surface area contributed by atoms with Crippen LogP contribution in [0, 0.1) is 12.8 Å². The van der Waals surface area contributed by atoms with Gasteiger partial charge in [0.05, 0.1) is 12.2 Å². The van der Waals surface area contributed by atoms with Gasteiger partial charge in [-0.05, 0) is 37.0 Å². The van der Waals surface area contributed by atoms with Gasteiger partial charge in [-0.25, -0.2) is 9.97 Å². The van der Waals surface area contributed by atoms with Crippen LogP contribution in [0.3, 0.4) is 0 Å². The summed E-state index contributed by atoms with van der Waals surface area (Å²) in [6.07, 6.45) is -2.72. The van der Waals surface area contributed by atoms with Crippen molar-refractivity contribution in [2.45, 2.75) is 45.8 Å². The number of aryl methyl sites for hydroxylation is 3. The Morgan fingerprint density at radius 1 is 1.06 bits per heavy atom. The molecule has 1 amide bonds. The van der Waals surface area contributed by atoms with Crippen LogP contribution in [0.2, 0.25) is 0 Å². The second-order valence-electron chi connectivity index (χ2n) is 9.76. The average Bonchev–Trinajstić information content (AvgIpc) is 2.78. The molecule has 1 saturated heterocycles. The van der Waals surface area contributed by atoms with E-state index in [2.05, 4.69) is 27.3 Å². The minimum Gasteiger partial charge on any atom is -0.369 e. The van der Waals surface area contributed by atoms with E-state index in [1.807, 2.05) is 44.9 Å². The van der Waals surface area contributed by atoms with Gasteiger partial charge < -0.3 is 15.1 Å². The molecule has 3 heterocycles. The molecule has 0 unspecified atom stereocenters. The summed E-state index contributed by atoms with van der Waals surface area (Å²) in [5.41, 5.74) is 3.61. The molecule has 190 valence electrons. The minimum atomic E-state index is -4.15. The van der Waals surface area contributed by atoms with E-state index < -0.39 is 12.7 Å². The molecule has 0 bridgehead atoms. The van der Waals surface area contributed by atoms with Crippen LogP contribution in [0.5, 0.6) is 0 Å². The smallest absolute Gasteiger partial charge is 0.369 e. The van der Waals surface area contributed by atoms with Crippen LogP contribution in [-0.2, 0) is 17.6 Å². The van der Waals surface area contributed by atoms with Crippen LogP contribution >= 0.6 is 0 Å². The van der Waals surface area contributed by atoms with Crippen molar-refractivity contribution in [2.75, 3.05) is 54.9 Å². The standard InChI is InChI=1S/C25H33F3N6O/c1-16(2)22-24(35)31-21-17(3)29-20(30-23(21)32(22)4)10-7-18-5-8-19(9-6-18)34-13-11-33(12-14-34)15-25(26,27)28/h5-6,8-9,16,22H,7,10-15H2,1-4H3,(H,31,35)/t22-/m0/s1. The molecule has 1 fully saturated rings. The molecule has 1 aromatic carbocycles. The number of hydrogen-bond donors (Lipinski definition) is 1. The van der Waals surface area contributed by atoms with Gasteiger partial charge in [0.2, 0.25) is 5.91 Å². The van der Waals surface area contributed by atoms with E-state index in [9.17, 15) is 18.0 Å². The van der Waals surface area contributed by atoms with Gasteiger partial charge in [-0.15, -0.1) is 0 Å². The lowest BCUT2D eigenvalue weighted by atomic mass is 9.99. The normalized spacial score (nSPS) is 19.2. The zero-order valence-electron chi connectivity index (χ0n) is 20.7. The number of anilines is 3. The van der Waals surface area contributed by atoms with Gasteiger partial charge in [-0.2, -0.15) is 13.2 Å².